The van der Waals surface area contributed by atoms with Gasteiger partial charge in [-0.15, -0.1) is 0 Å². The highest BCUT2D eigenvalue weighted by molar-refractivity contribution is 6.30. The number of nitrogens with zero attached hydrogens (tertiary/aromatic N) is 1. The van der Waals surface area contributed by atoms with Gasteiger partial charge in [0.1, 0.15) is 5.75 Å². The van der Waals surface area contributed by atoms with Crippen molar-refractivity contribution in [1.29, 1.82) is 0 Å². The molecule has 1 aliphatic heterocycles. The Labute approximate surface area is 190 Å². The number of methoxy groups -OCH3 is 1. The van der Waals surface area contributed by atoms with Crippen LogP contribution in [0.5, 0.6) is 5.75 Å². The Bertz CT molecular complexity index is 845. The zero-order valence-corrected chi connectivity index (χ0v) is 19.1. The molecule has 0 spiro atoms. The number of amides is 1. The highest BCUT2D eigenvalue weighted by atomic mass is 35.5. The third-order valence-electron chi connectivity index (χ3n) is 6.91. The van der Waals surface area contributed by atoms with Crippen LogP contribution in [0.3, 0.4) is 0 Å². The second kappa shape index (κ2) is 10.5. The van der Waals surface area contributed by atoms with Gasteiger partial charge in [0.05, 0.1) is 13.5 Å². The third kappa shape index (κ3) is 6.02. The van der Waals surface area contributed by atoms with Crippen molar-refractivity contribution in [3.8, 4) is 5.75 Å². The van der Waals surface area contributed by atoms with Gasteiger partial charge in [-0.3, -0.25) is 9.69 Å². The van der Waals surface area contributed by atoms with E-state index in [4.69, 9.17) is 16.3 Å². The minimum Gasteiger partial charge on any atom is -0.497 e. The van der Waals surface area contributed by atoms with Crippen LogP contribution < -0.4 is 10.1 Å². The summed E-state index contributed by atoms with van der Waals surface area (Å²) >= 11 is 6.01. The van der Waals surface area contributed by atoms with Gasteiger partial charge >= 0.3 is 0 Å². The minimum atomic E-state index is 0.125. The van der Waals surface area contributed by atoms with Gasteiger partial charge in [0.25, 0.3) is 0 Å². The zero-order valence-electron chi connectivity index (χ0n) is 18.4. The Hall–Kier alpha value is -2.04. The van der Waals surface area contributed by atoms with Gasteiger partial charge in [-0.2, -0.15) is 0 Å². The van der Waals surface area contributed by atoms with E-state index in [1.807, 2.05) is 36.4 Å². The number of rotatable bonds is 7. The van der Waals surface area contributed by atoms with E-state index in [1.165, 1.54) is 31.2 Å². The van der Waals surface area contributed by atoms with E-state index in [0.29, 0.717) is 12.5 Å². The van der Waals surface area contributed by atoms with Crippen molar-refractivity contribution in [1.82, 2.24) is 10.2 Å². The summed E-state index contributed by atoms with van der Waals surface area (Å²) in [6.45, 7) is 2.27. The molecule has 166 valence electrons. The van der Waals surface area contributed by atoms with Gasteiger partial charge < -0.3 is 10.1 Å². The lowest BCUT2D eigenvalue weighted by Crippen LogP contribution is -2.51. The molecule has 0 aromatic heterocycles. The van der Waals surface area contributed by atoms with Crippen LogP contribution in [0, 0.1) is 5.92 Å². The van der Waals surface area contributed by atoms with Gasteiger partial charge in [0, 0.05) is 17.1 Å². The Morgan fingerprint density at radius 3 is 2.35 bits per heavy atom. The number of carbonyl (C=O) groups is 1. The number of likely N-dealkylation sites (tertiary alicyclic amines) is 1. The monoisotopic (exact) mass is 440 g/mol. The van der Waals surface area contributed by atoms with E-state index in [9.17, 15) is 4.79 Å². The second-order valence-corrected chi connectivity index (χ2v) is 9.44. The van der Waals surface area contributed by atoms with Gasteiger partial charge in [0.15, 0.2) is 0 Å². The molecule has 1 saturated carbocycles. The van der Waals surface area contributed by atoms with E-state index < -0.39 is 0 Å². The van der Waals surface area contributed by atoms with E-state index in [0.717, 1.165) is 48.2 Å². The highest BCUT2D eigenvalue weighted by Crippen LogP contribution is 2.30. The lowest BCUT2D eigenvalue weighted by molar-refractivity contribution is -0.121. The molecule has 1 N–H and O–H groups in total. The van der Waals surface area contributed by atoms with Crippen LogP contribution in [0.1, 0.15) is 43.2 Å². The van der Waals surface area contributed by atoms with Gasteiger partial charge in [0.2, 0.25) is 5.91 Å². The predicted octanol–water partition coefficient (Wildman–Crippen LogP) is 4.88. The Morgan fingerprint density at radius 1 is 1.00 bits per heavy atom. The number of benzene rings is 2. The molecule has 0 radical (unpaired) electrons. The van der Waals surface area contributed by atoms with Crippen molar-refractivity contribution < 1.29 is 9.53 Å². The van der Waals surface area contributed by atoms with Gasteiger partial charge in [-0.25, -0.2) is 0 Å². The molecular weight excluding hydrogens is 408 g/mol. The lowest BCUT2D eigenvalue weighted by atomic mass is 9.89. The Balaban J connectivity index is 1.25. The number of ether oxygens (including phenoxy) is 1. The van der Waals surface area contributed by atoms with E-state index in [1.54, 1.807) is 7.11 Å². The summed E-state index contributed by atoms with van der Waals surface area (Å²) in [6.07, 6.45) is 7.49. The molecule has 31 heavy (non-hydrogen) atoms. The fourth-order valence-corrected chi connectivity index (χ4v) is 5.30. The Kier molecular flexibility index (Phi) is 7.52. The molecule has 2 aliphatic rings. The average Bonchev–Trinajstić information content (AvgIpc) is 3.24. The van der Waals surface area contributed by atoms with Crippen molar-refractivity contribution in [3.05, 3.63) is 64.7 Å². The molecule has 0 unspecified atom stereocenters. The summed E-state index contributed by atoms with van der Waals surface area (Å²) in [5, 5.41) is 4.14. The summed E-state index contributed by atoms with van der Waals surface area (Å²) < 4.78 is 5.20. The molecule has 4 nitrogen and oxygen atoms in total. The van der Waals surface area contributed by atoms with Crippen LogP contribution in [-0.2, 0) is 17.6 Å². The molecule has 1 saturated heterocycles. The molecule has 5 heteroatoms. The molecule has 2 aromatic rings. The van der Waals surface area contributed by atoms with Crippen LogP contribution in [-0.4, -0.2) is 43.1 Å². The minimum absolute atomic E-state index is 0.125. The first-order valence-corrected chi connectivity index (χ1v) is 11.9. The molecule has 4 rings (SSSR count). The third-order valence-corrected chi connectivity index (χ3v) is 7.16. The van der Waals surface area contributed by atoms with Crippen LogP contribution in [0.2, 0.25) is 5.02 Å². The first-order chi connectivity index (χ1) is 15.1. The predicted molar refractivity (Wildman–Crippen MR) is 126 cm³/mol. The number of carbonyl (C=O) groups excluding carboxylic acids is 1. The highest BCUT2D eigenvalue weighted by Gasteiger charge is 2.34. The lowest BCUT2D eigenvalue weighted by Gasteiger charge is -2.38. The summed E-state index contributed by atoms with van der Waals surface area (Å²) in [6, 6.07) is 16.8. The first-order valence-electron chi connectivity index (χ1n) is 11.5. The van der Waals surface area contributed by atoms with E-state index in [2.05, 4.69) is 22.3 Å². The van der Waals surface area contributed by atoms with Crippen molar-refractivity contribution in [3.63, 3.8) is 0 Å². The summed E-state index contributed by atoms with van der Waals surface area (Å²) in [5.41, 5.74) is 2.41. The Morgan fingerprint density at radius 2 is 1.68 bits per heavy atom. The molecule has 2 atom stereocenters. The standard InChI is InChI=1S/C26H33ClN2O2/c1-31-23-11-7-20(8-12-23)18-26(30)28-24-3-2-4-25(24)29-15-13-21(14-16-29)17-19-5-9-22(27)10-6-19/h5-12,21,24-25H,2-4,13-18H2,1H3,(H,28,30)/t24-,25-/m1/s1. The first kappa shape index (κ1) is 22.2. The fraction of sp³-hybridized carbons (Fsp3) is 0.500. The van der Waals surface area contributed by atoms with Crippen LogP contribution in [0.4, 0.5) is 0 Å². The van der Waals surface area contributed by atoms with Crippen molar-refractivity contribution >= 4 is 17.5 Å². The topological polar surface area (TPSA) is 41.6 Å². The maximum atomic E-state index is 12.7. The zero-order chi connectivity index (χ0) is 21.6. The summed E-state index contributed by atoms with van der Waals surface area (Å²) in [5.74, 6) is 1.68. The molecule has 1 heterocycles. The normalized spacial score (nSPS) is 22.4. The van der Waals surface area contributed by atoms with Crippen LogP contribution in [0.15, 0.2) is 48.5 Å². The van der Waals surface area contributed by atoms with Crippen molar-refractivity contribution in [2.24, 2.45) is 5.92 Å². The molecule has 1 amide bonds. The number of nitrogens with one attached hydrogen (secondary N) is 1. The summed E-state index contributed by atoms with van der Waals surface area (Å²) in [7, 11) is 1.66. The van der Waals surface area contributed by atoms with Crippen LogP contribution in [0.25, 0.3) is 0 Å². The average molecular weight is 441 g/mol. The molecule has 0 bridgehead atoms. The van der Waals surface area contributed by atoms with Crippen LogP contribution >= 0.6 is 11.6 Å². The SMILES string of the molecule is COc1ccc(CC(=O)N[C@@H]2CCC[C@H]2N2CCC(Cc3ccc(Cl)cc3)CC2)cc1. The van der Waals surface area contributed by atoms with Crippen molar-refractivity contribution in [2.45, 2.75) is 57.0 Å². The molecular formula is C26H33ClN2O2. The molecule has 1 aliphatic carbocycles. The maximum absolute atomic E-state index is 12.7. The maximum Gasteiger partial charge on any atom is 0.224 e. The van der Waals surface area contributed by atoms with Gasteiger partial charge in [-0.1, -0.05) is 35.9 Å². The molecule has 2 fully saturated rings. The number of halogens is 1. The number of hydrogen-bond acceptors (Lipinski definition) is 3. The second-order valence-electron chi connectivity index (χ2n) is 9.01. The van der Waals surface area contributed by atoms with E-state index in [-0.39, 0.29) is 11.9 Å². The smallest absolute Gasteiger partial charge is 0.224 e. The van der Waals surface area contributed by atoms with E-state index >= 15 is 0 Å². The molecule has 2 aromatic carbocycles. The van der Waals surface area contributed by atoms with Crippen molar-refractivity contribution in [2.75, 3.05) is 20.2 Å². The fourth-order valence-electron chi connectivity index (χ4n) is 5.18. The number of hydrogen-bond donors (Lipinski definition) is 1. The van der Waals surface area contributed by atoms with Gasteiger partial charge in [-0.05, 0) is 92.9 Å². The number of piperidine rings is 1. The summed E-state index contributed by atoms with van der Waals surface area (Å²) in [4.78, 5) is 15.3. The largest absolute Gasteiger partial charge is 0.497 e. The quantitative estimate of drug-likeness (QED) is 0.666.